The third kappa shape index (κ3) is 1.89. The van der Waals surface area contributed by atoms with Crippen LogP contribution in [0.5, 0.6) is 0 Å². The maximum Gasteiger partial charge on any atom is 0.136 e. The summed E-state index contributed by atoms with van der Waals surface area (Å²) in [5.74, 6) is 0. The molecule has 1 aliphatic rings. The number of nitrogens with zero attached hydrogens (tertiary/aromatic N) is 1. The van der Waals surface area contributed by atoms with E-state index in [1.54, 1.807) is 0 Å². The van der Waals surface area contributed by atoms with E-state index >= 15 is 0 Å². The highest BCUT2D eigenvalue weighted by molar-refractivity contribution is 6.36. The van der Waals surface area contributed by atoms with Gasteiger partial charge in [0.05, 0.1) is 16.6 Å². The number of hydrogen-bond acceptors (Lipinski definition) is 1. The minimum absolute atomic E-state index is 0.0360. The molecule has 8 aromatic rings. The number of para-hydroxylation sites is 2. The van der Waals surface area contributed by atoms with Gasteiger partial charge in [0.1, 0.15) is 11.2 Å². The zero-order valence-electron chi connectivity index (χ0n) is 19.5. The Hall–Kier alpha value is -4.30. The molecule has 2 heteroatoms. The second-order valence-corrected chi connectivity index (χ2v) is 10.5. The van der Waals surface area contributed by atoms with Crippen molar-refractivity contribution in [3.8, 4) is 11.1 Å². The van der Waals surface area contributed by atoms with Gasteiger partial charge in [-0.2, -0.15) is 0 Å². The maximum atomic E-state index is 6.48. The van der Waals surface area contributed by atoms with E-state index in [0.29, 0.717) is 0 Å². The second-order valence-electron chi connectivity index (χ2n) is 10.5. The van der Waals surface area contributed by atoms with Crippen molar-refractivity contribution in [3.05, 3.63) is 102 Å². The number of furan rings is 1. The Bertz CT molecular complexity index is 2190. The van der Waals surface area contributed by atoms with Gasteiger partial charge in [0.2, 0.25) is 0 Å². The number of fused-ring (bicyclic) bond motifs is 14. The largest absolute Gasteiger partial charge is 0.456 e. The number of rotatable bonds is 0. The molecule has 0 N–H and O–H groups in total. The highest BCUT2D eigenvalue weighted by Crippen LogP contribution is 2.55. The maximum absolute atomic E-state index is 6.48. The zero-order valence-corrected chi connectivity index (χ0v) is 19.5. The van der Waals surface area contributed by atoms with E-state index in [-0.39, 0.29) is 5.41 Å². The van der Waals surface area contributed by atoms with Crippen LogP contribution in [0.25, 0.3) is 71.2 Å². The molecule has 0 fully saturated rings. The third-order valence-electron chi connectivity index (χ3n) is 8.52. The molecule has 5 aromatic carbocycles. The molecule has 3 aromatic heterocycles. The quantitative estimate of drug-likeness (QED) is 0.227. The lowest BCUT2D eigenvalue weighted by Gasteiger charge is -2.21. The van der Waals surface area contributed by atoms with Crippen molar-refractivity contribution < 1.29 is 4.42 Å². The lowest BCUT2D eigenvalue weighted by molar-refractivity contribution is 0.661. The van der Waals surface area contributed by atoms with E-state index in [1.165, 1.54) is 71.1 Å². The van der Waals surface area contributed by atoms with Crippen molar-refractivity contribution in [1.82, 2.24) is 4.40 Å². The summed E-state index contributed by atoms with van der Waals surface area (Å²) in [5.41, 5.74) is 11.3. The summed E-state index contributed by atoms with van der Waals surface area (Å²) in [6.07, 6.45) is 0. The number of benzene rings is 5. The lowest BCUT2D eigenvalue weighted by Crippen LogP contribution is -2.14. The van der Waals surface area contributed by atoms with E-state index in [1.807, 2.05) is 0 Å². The Morgan fingerprint density at radius 1 is 0.600 bits per heavy atom. The molecule has 9 rings (SSSR count). The van der Waals surface area contributed by atoms with Crippen molar-refractivity contribution in [2.45, 2.75) is 19.3 Å². The third-order valence-corrected chi connectivity index (χ3v) is 8.52. The predicted octanol–water partition coefficient (Wildman–Crippen LogP) is 9.04. The SMILES string of the molecule is CC1(C)c2ccccc2-c2c1ccc1c2c2c3c(cc4c5ccccc5n1c42)oc1ccccc13. The van der Waals surface area contributed by atoms with E-state index in [0.717, 1.165) is 11.2 Å². The predicted molar refractivity (Wildman–Crippen MR) is 146 cm³/mol. The molecule has 3 heterocycles. The Morgan fingerprint density at radius 3 is 2.29 bits per heavy atom. The Morgan fingerprint density at radius 2 is 1.37 bits per heavy atom. The molecule has 0 atom stereocenters. The molecule has 0 aliphatic heterocycles. The first kappa shape index (κ1) is 18.1. The summed E-state index contributed by atoms with van der Waals surface area (Å²) < 4.78 is 8.97. The smallest absolute Gasteiger partial charge is 0.136 e. The van der Waals surface area contributed by atoms with Crippen LogP contribution in [0.1, 0.15) is 25.0 Å². The monoisotopic (exact) mass is 447 g/mol. The Balaban J connectivity index is 1.68. The molecule has 164 valence electrons. The first-order chi connectivity index (χ1) is 17.1. The van der Waals surface area contributed by atoms with Crippen LogP contribution in [0.3, 0.4) is 0 Å². The Labute approximate surface area is 201 Å². The van der Waals surface area contributed by atoms with E-state index in [2.05, 4.69) is 109 Å². The average molecular weight is 448 g/mol. The van der Waals surface area contributed by atoms with Crippen LogP contribution in [-0.4, -0.2) is 4.40 Å². The molecule has 0 radical (unpaired) electrons. The standard InChI is InChI=1S/C33H21NO/c1-33(2)22-12-6-3-10-19(22)28-23(33)15-16-25-30(28)31-29-20-11-5-8-14-26(20)35-27(29)17-21-18-9-4-7-13-24(18)34(25)32(21)31/h3-17H,1-2H3. The molecule has 0 spiro atoms. The fourth-order valence-corrected chi connectivity index (χ4v) is 7.05. The molecule has 0 unspecified atom stereocenters. The lowest BCUT2D eigenvalue weighted by atomic mass is 9.82. The summed E-state index contributed by atoms with van der Waals surface area (Å²) in [6, 6.07) is 33.2. The summed E-state index contributed by atoms with van der Waals surface area (Å²) in [6.45, 7) is 4.72. The van der Waals surface area contributed by atoms with Crippen molar-refractivity contribution in [3.63, 3.8) is 0 Å². The van der Waals surface area contributed by atoms with Gasteiger partial charge in [0, 0.05) is 37.7 Å². The highest BCUT2D eigenvalue weighted by atomic mass is 16.3. The minimum Gasteiger partial charge on any atom is -0.456 e. The van der Waals surface area contributed by atoms with Crippen molar-refractivity contribution >= 4 is 60.0 Å². The normalized spacial score (nSPS) is 14.8. The van der Waals surface area contributed by atoms with E-state index in [9.17, 15) is 0 Å². The Kier molecular flexibility index (Phi) is 2.93. The molecule has 35 heavy (non-hydrogen) atoms. The van der Waals surface area contributed by atoms with Gasteiger partial charge in [0.15, 0.2) is 0 Å². The van der Waals surface area contributed by atoms with Crippen molar-refractivity contribution in [1.29, 1.82) is 0 Å². The summed E-state index contributed by atoms with van der Waals surface area (Å²) in [5, 5.41) is 7.62. The number of aromatic nitrogens is 1. The van der Waals surface area contributed by atoms with Crippen LogP contribution in [0.2, 0.25) is 0 Å². The highest BCUT2D eigenvalue weighted by Gasteiger charge is 2.38. The van der Waals surface area contributed by atoms with Gasteiger partial charge in [-0.05, 0) is 46.5 Å². The molecule has 0 amide bonds. The van der Waals surface area contributed by atoms with Crippen molar-refractivity contribution in [2.75, 3.05) is 0 Å². The minimum atomic E-state index is -0.0360. The summed E-state index contributed by atoms with van der Waals surface area (Å²) in [4.78, 5) is 0. The molecule has 0 bridgehead atoms. The molecule has 2 nitrogen and oxygen atoms in total. The van der Waals surface area contributed by atoms with Gasteiger partial charge in [-0.3, -0.25) is 0 Å². The molecule has 0 saturated heterocycles. The first-order valence-corrected chi connectivity index (χ1v) is 12.3. The van der Waals surface area contributed by atoms with Gasteiger partial charge in [-0.1, -0.05) is 80.6 Å². The average Bonchev–Trinajstić information content (AvgIpc) is 3.58. The fourth-order valence-electron chi connectivity index (χ4n) is 7.05. The van der Waals surface area contributed by atoms with Gasteiger partial charge in [0.25, 0.3) is 0 Å². The molecular formula is C33H21NO. The summed E-state index contributed by atoms with van der Waals surface area (Å²) >= 11 is 0. The van der Waals surface area contributed by atoms with Gasteiger partial charge in [-0.15, -0.1) is 0 Å². The molecule has 1 aliphatic carbocycles. The fraction of sp³-hybridized carbons (Fsp3) is 0.0909. The van der Waals surface area contributed by atoms with Gasteiger partial charge >= 0.3 is 0 Å². The van der Waals surface area contributed by atoms with Crippen molar-refractivity contribution in [2.24, 2.45) is 0 Å². The topological polar surface area (TPSA) is 17.6 Å². The summed E-state index contributed by atoms with van der Waals surface area (Å²) in [7, 11) is 0. The van der Waals surface area contributed by atoms with Crippen LogP contribution in [0, 0.1) is 0 Å². The first-order valence-electron chi connectivity index (χ1n) is 12.3. The van der Waals surface area contributed by atoms with Crippen LogP contribution < -0.4 is 0 Å². The van der Waals surface area contributed by atoms with Crippen LogP contribution in [0.15, 0.2) is 95.4 Å². The number of hydrogen-bond donors (Lipinski definition) is 0. The van der Waals surface area contributed by atoms with Crippen LogP contribution >= 0.6 is 0 Å². The zero-order chi connectivity index (χ0) is 23.1. The van der Waals surface area contributed by atoms with Gasteiger partial charge in [-0.25, -0.2) is 0 Å². The van der Waals surface area contributed by atoms with Gasteiger partial charge < -0.3 is 8.82 Å². The van der Waals surface area contributed by atoms with Crippen LogP contribution in [0.4, 0.5) is 0 Å². The van der Waals surface area contributed by atoms with E-state index < -0.39 is 0 Å². The molecular weight excluding hydrogens is 426 g/mol. The molecule has 0 saturated carbocycles. The second kappa shape index (κ2) is 5.67. The van der Waals surface area contributed by atoms with Crippen LogP contribution in [-0.2, 0) is 5.41 Å². The van der Waals surface area contributed by atoms with E-state index in [4.69, 9.17) is 4.42 Å².